The number of rotatable bonds is 1. The van der Waals surface area contributed by atoms with E-state index in [4.69, 9.17) is 0 Å². The Hall–Kier alpha value is -0.570. The molecule has 0 radical (unpaired) electrons. The summed E-state index contributed by atoms with van der Waals surface area (Å²) in [5, 5.41) is 5.97. The number of likely N-dealkylation sites (N-methyl/N-ethyl adjacent to an activating group) is 1. The van der Waals surface area contributed by atoms with Crippen molar-refractivity contribution in [1.82, 2.24) is 10.6 Å². The monoisotopic (exact) mass is 154 g/mol. The van der Waals surface area contributed by atoms with Crippen LogP contribution in [-0.4, -0.2) is 25.5 Å². The highest BCUT2D eigenvalue weighted by molar-refractivity contribution is 5.82. The van der Waals surface area contributed by atoms with Crippen LogP contribution in [0.4, 0.5) is 0 Å². The van der Waals surface area contributed by atoms with E-state index < -0.39 is 0 Å². The van der Waals surface area contributed by atoms with Gasteiger partial charge in [-0.15, -0.1) is 0 Å². The lowest BCUT2D eigenvalue weighted by atomic mass is 10.1. The summed E-state index contributed by atoms with van der Waals surface area (Å²) in [6, 6.07) is 0.0625. The van der Waals surface area contributed by atoms with Crippen molar-refractivity contribution >= 4 is 5.91 Å². The van der Waals surface area contributed by atoms with Crippen molar-refractivity contribution in [2.75, 3.05) is 13.6 Å². The summed E-state index contributed by atoms with van der Waals surface area (Å²) in [6.45, 7) is 0.904. The van der Waals surface area contributed by atoms with Gasteiger partial charge in [0, 0.05) is 6.54 Å². The molecule has 1 saturated carbocycles. The highest BCUT2D eigenvalue weighted by atomic mass is 16.2. The molecular formula is C8H14N2O. The van der Waals surface area contributed by atoms with E-state index in [0.717, 1.165) is 24.8 Å². The van der Waals surface area contributed by atoms with Gasteiger partial charge in [0.05, 0.1) is 6.04 Å². The molecule has 62 valence electrons. The Morgan fingerprint density at radius 2 is 2.27 bits per heavy atom. The molecule has 2 fully saturated rings. The Morgan fingerprint density at radius 3 is 3.00 bits per heavy atom. The fourth-order valence-electron chi connectivity index (χ4n) is 1.86. The maximum absolute atomic E-state index is 11.2. The molecule has 3 atom stereocenters. The van der Waals surface area contributed by atoms with Gasteiger partial charge in [-0.2, -0.15) is 0 Å². The van der Waals surface area contributed by atoms with E-state index in [1.165, 1.54) is 6.42 Å². The Labute approximate surface area is 66.5 Å². The zero-order valence-corrected chi connectivity index (χ0v) is 6.76. The van der Waals surface area contributed by atoms with Crippen LogP contribution in [0.5, 0.6) is 0 Å². The van der Waals surface area contributed by atoms with E-state index in [2.05, 4.69) is 10.6 Å². The minimum absolute atomic E-state index is 0.0625. The number of nitrogens with one attached hydrogen (secondary N) is 2. The summed E-state index contributed by atoms with van der Waals surface area (Å²) < 4.78 is 0. The lowest BCUT2D eigenvalue weighted by molar-refractivity contribution is -0.122. The largest absolute Gasteiger partial charge is 0.354 e. The van der Waals surface area contributed by atoms with Gasteiger partial charge in [0.2, 0.25) is 5.91 Å². The quantitative estimate of drug-likeness (QED) is 0.546. The van der Waals surface area contributed by atoms with Crippen molar-refractivity contribution in [3.8, 4) is 0 Å². The molecule has 11 heavy (non-hydrogen) atoms. The number of fused-ring (bicyclic) bond motifs is 1. The second-order valence-corrected chi connectivity index (χ2v) is 3.58. The van der Waals surface area contributed by atoms with Gasteiger partial charge in [0.1, 0.15) is 0 Å². The van der Waals surface area contributed by atoms with Crippen LogP contribution in [-0.2, 0) is 4.79 Å². The minimum Gasteiger partial charge on any atom is -0.354 e. The van der Waals surface area contributed by atoms with Crippen molar-refractivity contribution in [2.45, 2.75) is 18.9 Å². The van der Waals surface area contributed by atoms with E-state index in [-0.39, 0.29) is 11.9 Å². The zero-order valence-electron chi connectivity index (χ0n) is 6.76. The Kier molecular flexibility index (Phi) is 1.60. The van der Waals surface area contributed by atoms with Crippen molar-refractivity contribution in [3.63, 3.8) is 0 Å². The van der Waals surface area contributed by atoms with Gasteiger partial charge < -0.3 is 10.6 Å². The summed E-state index contributed by atoms with van der Waals surface area (Å²) >= 11 is 0. The molecule has 0 spiro atoms. The van der Waals surface area contributed by atoms with E-state index in [0.29, 0.717) is 0 Å². The maximum Gasteiger partial charge on any atom is 0.237 e. The number of hydrogen-bond acceptors (Lipinski definition) is 2. The third-order valence-electron chi connectivity index (χ3n) is 2.81. The molecule has 0 aromatic heterocycles. The molecule has 1 aliphatic carbocycles. The molecule has 0 aromatic carbocycles. The molecule has 0 aromatic rings. The second kappa shape index (κ2) is 2.48. The first-order valence-electron chi connectivity index (χ1n) is 4.26. The Bertz CT molecular complexity index is 181. The van der Waals surface area contributed by atoms with E-state index >= 15 is 0 Å². The van der Waals surface area contributed by atoms with Crippen molar-refractivity contribution < 1.29 is 4.79 Å². The van der Waals surface area contributed by atoms with Gasteiger partial charge in [-0.05, 0) is 31.7 Å². The van der Waals surface area contributed by atoms with Gasteiger partial charge in [-0.25, -0.2) is 0 Å². The van der Waals surface area contributed by atoms with Gasteiger partial charge in [-0.1, -0.05) is 0 Å². The first-order chi connectivity index (χ1) is 5.31. The summed E-state index contributed by atoms with van der Waals surface area (Å²) in [5.41, 5.74) is 0. The number of carbonyl (C=O) groups is 1. The lowest BCUT2D eigenvalue weighted by Gasteiger charge is -2.12. The fourth-order valence-corrected chi connectivity index (χ4v) is 1.86. The lowest BCUT2D eigenvalue weighted by Crippen LogP contribution is -2.41. The molecule has 1 amide bonds. The van der Waals surface area contributed by atoms with Crippen LogP contribution in [0.25, 0.3) is 0 Å². The highest BCUT2D eigenvalue weighted by Gasteiger charge is 2.42. The summed E-state index contributed by atoms with van der Waals surface area (Å²) in [5.74, 6) is 1.78. The summed E-state index contributed by atoms with van der Waals surface area (Å²) in [7, 11) is 1.85. The van der Waals surface area contributed by atoms with Crippen LogP contribution in [0.3, 0.4) is 0 Å². The fraction of sp³-hybridized carbons (Fsp3) is 0.875. The summed E-state index contributed by atoms with van der Waals surface area (Å²) in [4.78, 5) is 11.2. The van der Waals surface area contributed by atoms with Crippen LogP contribution >= 0.6 is 0 Å². The van der Waals surface area contributed by atoms with Crippen LogP contribution in [0.1, 0.15) is 12.8 Å². The van der Waals surface area contributed by atoms with Gasteiger partial charge in [0.25, 0.3) is 0 Å². The minimum atomic E-state index is 0.0625. The predicted octanol–water partition coefficient (Wildman–Crippen LogP) is -0.270. The first kappa shape index (κ1) is 7.10. The third-order valence-corrected chi connectivity index (χ3v) is 2.81. The normalized spacial score (nSPS) is 42.3. The summed E-state index contributed by atoms with van der Waals surface area (Å²) in [6.07, 6.45) is 2.35. The Morgan fingerprint density at radius 1 is 1.45 bits per heavy atom. The van der Waals surface area contributed by atoms with E-state index in [1.54, 1.807) is 0 Å². The third kappa shape index (κ3) is 1.25. The molecular weight excluding hydrogens is 140 g/mol. The molecule has 0 bridgehead atoms. The van der Waals surface area contributed by atoms with Gasteiger partial charge in [-0.3, -0.25) is 4.79 Å². The van der Waals surface area contributed by atoms with E-state index in [1.807, 2.05) is 7.05 Å². The molecule has 2 rings (SSSR count). The average molecular weight is 154 g/mol. The van der Waals surface area contributed by atoms with Gasteiger partial charge in [0.15, 0.2) is 0 Å². The van der Waals surface area contributed by atoms with Crippen LogP contribution in [0.2, 0.25) is 0 Å². The molecule has 1 heterocycles. The topological polar surface area (TPSA) is 41.1 Å². The van der Waals surface area contributed by atoms with Crippen molar-refractivity contribution in [1.29, 1.82) is 0 Å². The molecule has 3 unspecified atom stereocenters. The van der Waals surface area contributed by atoms with Crippen LogP contribution in [0.15, 0.2) is 0 Å². The van der Waals surface area contributed by atoms with Crippen LogP contribution in [0, 0.1) is 11.8 Å². The molecule has 2 N–H and O–H groups in total. The molecule has 3 heteroatoms. The van der Waals surface area contributed by atoms with Gasteiger partial charge >= 0.3 is 0 Å². The SMILES string of the molecule is CNC1CC2CC2CNC1=O. The first-order valence-corrected chi connectivity index (χ1v) is 4.26. The van der Waals surface area contributed by atoms with Crippen molar-refractivity contribution in [2.24, 2.45) is 11.8 Å². The average Bonchev–Trinajstić information content (AvgIpc) is 2.73. The number of carbonyl (C=O) groups excluding carboxylic acids is 1. The molecule has 3 nitrogen and oxygen atoms in total. The molecule has 1 aliphatic heterocycles. The van der Waals surface area contributed by atoms with Crippen LogP contribution < -0.4 is 10.6 Å². The maximum atomic E-state index is 11.2. The smallest absolute Gasteiger partial charge is 0.237 e. The molecule has 2 aliphatic rings. The second-order valence-electron chi connectivity index (χ2n) is 3.58. The van der Waals surface area contributed by atoms with Crippen molar-refractivity contribution in [3.05, 3.63) is 0 Å². The molecule has 1 saturated heterocycles. The number of hydrogen-bond donors (Lipinski definition) is 2. The number of amides is 1. The zero-order chi connectivity index (χ0) is 7.84. The standard InChI is InChI=1S/C8H14N2O/c1-9-7-3-5-2-6(5)4-10-8(7)11/h5-7,9H,2-4H2,1H3,(H,10,11). The highest BCUT2D eigenvalue weighted by Crippen LogP contribution is 2.42. The van der Waals surface area contributed by atoms with E-state index in [9.17, 15) is 4.79 Å². The Balaban J connectivity index is 2.00. The predicted molar refractivity (Wildman–Crippen MR) is 42.1 cm³/mol.